The van der Waals surface area contributed by atoms with E-state index in [1.54, 1.807) is 0 Å². The number of unbranched alkanes of at least 4 members (excludes halogenated alkanes) is 2. The fourth-order valence-electron chi connectivity index (χ4n) is 14.3. The lowest BCUT2D eigenvalue weighted by molar-refractivity contribution is 0.301. The first-order valence-corrected chi connectivity index (χ1v) is 31.7. The first-order chi connectivity index (χ1) is 44.5. The van der Waals surface area contributed by atoms with Crippen molar-refractivity contribution in [2.45, 2.75) is 49.4 Å². The third kappa shape index (κ3) is 10.9. The molecule has 0 aliphatic heterocycles. The molecule has 0 bridgehead atoms. The summed E-state index contributed by atoms with van der Waals surface area (Å²) in [4.78, 5) is 4.83. The molecular weight excluding hydrogens is 1090 g/mol. The number of anilines is 6. The Kier molecular flexibility index (Phi) is 16.2. The summed E-state index contributed by atoms with van der Waals surface area (Å²) in [5.74, 6) is 1.78. The van der Waals surface area contributed by atoms with Gasteiger partial charge in [-0.1, -0.05) is 232 Å². The van der Waals surface area contributed by atoms with E-state index in [0.29, 0.717) is 13.2 Å². The molecule has 0 aromatic heterocycles. The number of benzene rings is 12. The van der Waals surface area contributed by atoms with Gasteiger partial charge in [0.1, 0.15) is 11.5 Å². The van der Waals surface area contributed by atoms with Gasteiger partial charge in [-0.15, -0.1) is 0 Å². The highest BCUT2D eigenvalue weighted by Crippen LogP contribution is 2.58. The Balaban J connectivity index is 0.769. The smallest absolute Gasteiger partial charge is 0.119 e. The van der Waals surface area contributed by atoms with Gasteiger partial charge in [0.15, 0.2) is 0 Å². The molecule has 0 amide bonds. The van der Waals surface area contributed by atoms with Crippen LogP contribution in [0.1, 0.15) is 83.0 Å². The van der Waals surface area contributed by atoms with E-state index < -0.39 is 0 Å². The van der Waals surface area contributed by atoms with Crippen molar-refractivity contribution in [2.24, 2.45) is 0 Å². The predicted octanol–water partition coefficient (Wildman–Crippen LogP) is 22.7. The minimum Gasteiger partial charge on any atom is -0.494 e. The zero-order valence-electron chi connectivity index (χ0n) is 50.8. The first kappa shape index (κ1) is 57.1. The van der Waals surface area contributed by atoms with Crippen LogP contribution in [0.15, 0.2) is 316 Å². The van der Waals surface area contributed by atoms with Gasteiger partial charge in [0.25, 0.3) is 0 Å². The summed E-state index contributed by atoms with van der Waals surface area (Å²) in [5, 5.41) is 0. The van der Waals surface area contributed by atoms with Crippen LogP contribution >= 0.6 is 0 Å². The molecule has 12 aromatic rings. The number of hydrogen-bond donors (Lipinski definition) is 0. The van der Waals surface area contributed by atoms with Crippen molar-refractivity contribution in [3.05, 3.63) is 361 Å². The van der Waals surface area contributed by atoms with Gasteiger partial charge in [0, 0.05) is 45.0 Å². The molecule has 2 unspecified atom stereocenters. The van der Waals surface area contributed by atoms with Crippen LogP contribution in [0.25, 0.3) is 45.5 Å². The van der Waals surface area contributed by atoms with Crippen molar-refractivity contribution in [1.82, 2.24) is 0 Å². The van der Waals surface area contributed by atoms with Gasteiger partial charge in [-0.2, -0.15) is 0 Å². The lowest BCUT2D eigenvalue weighted by Crippen LogP contribution is -2.27. The van der Waals surface area contributed by atoms with Crippen LogP contribution in [0, 0.1) is 0 Å². The van der Waals surface area contributed by atoms with Gasteiger partial charge in [0.05, 0.1) is 13.2 Å². The molecule has 0 saturated carbocycles. The molecule has 2 aliphatic rings. The third-order valence-corrected chi connectivity index (χ3v) is 18.6. The van der Waals surface area contributed by atoms with E-state index in [9.17, 15) is 0 Å². The molecule has 12 aromatic carbocycles. The van der Waals surface area contributed by atoms with E-state index in [4.69, 9.17) is 9.47 Å². The normalized spacial score (nSPS) is 15.0. The summed E-state index contributed by atoms with van der Waals surface area (Å²) in [5.41, 5.74) is 23.5. The third-order valence-electron chi connectivity index (χ3n) is 18.6. The largest absolute Gasteiger partial charge is 0.494 e. The van der Waals surface area contributed by atoms with E-state index in [1.807, 2.05) is 36.4 Å². The zero-order valence-corrected chi connectivity index (χ0v) is 50.8. The van der Waals surface area contributed by atoms with Crippen molar-refractivity contribution in [1.29, 1.82) is 0 Å². The predicted molar refractivity (Wildman–Crippen MR) is 377 cm³/mol. The van der Waals surface area contributed by atoms with Crippen LogP contribution in [-0.4, -0.2) is 13.2 Å². The van der Waals surface area contributed by atoms with Gasteiger partial charge < -0.3 is 19.3 Å². The maximum Gasteiger partial charge on any atom is 0.119 e. The summed E-state index contributed by atoms with van der Waals surface area (Å²) < 4.78 is 12.6. The minimum atomic E-state index is -0.362. The van der Waals surface area contributed by atoms with Gasteiger partial charge in [-0.05, 0) is 213 Å². The fraction of sp³-hybridized carbons (Fsp3) is 0.116. The monoisotopic (exact) mass is 1160 g/mol. The Morgan fingerprint density at radius 3 is 0.989 bits per heavy atom. The van der Waals surface area contributed by atoms with E-state index >= 15 is 0 Å². The van der Waals surface area contributed by atoms with Crippen LogP contribution in [0.2, 0.25) is 0 Å². The van der Waals surface area contributed by atoms with Crippen LogP contribution in [-0.2, 0) is 10.8 Å². The highest BCUT2D eigenvalue weighted by Gasteiger charge is 2.46. The average Bonchev–Trinajstić information content (AvgIpc) is 1.57. The summed E-state index contributed by atoms with van der Waals surface area (Å²) >= 11 is 0. The molecule has 0 fully saturated rings. The number of fused-ring (bicyclic) bond motifs is 6. The van der Waals surface area contributed by atoms with E-state index in [0.717, 1.165) is 106 Å². The van der Waals surface area contributed by atoms with Gasteiger partial charge in [-0.3, -0.25) is 0 Å². The fourth-order valence-corrected chi connectivity index (χ4v) is 14.3. The maximum absolute atomic E-state index is 6.30. The molecule has 0 N–H and O–H groups in total. The minimum absolute atomic E-state index is 0.362. The Morgan fingerprint density at radius 2 is 0.611 bits per heavy atom. The van der Waals surface area contributed by atoms with Crippen molar-refractivity contribution >= 4 is 46.3 Å². The standard InChI is InChI=1S/C86H72N2O2/c1-3-63-37-51-75(52-38-63)89-59-23-21-57-85(67-25-9-5-10-26-67)81-35-19-17-33-77(81)79-55-49-73(61-83(79)85)87(69-29-13-7-14-30-69)71-45-41-65(42-46-71)66-43-47-72(48-44-66)88(70-31-15-8-16-32-70)74-50-56-80-78-34-18-20-36-82(78)86(84(80)62-74,68-27-11-6-12-28-68)58-22-24-60-90-76-53-39-64(4-2)40-54-76/h3-20,25-56,61-62H,1-2,21-24,57-60H2. The summed E-state index contributed by atoms with van der Waals surface area (Å²) in [6, 6.07) is 111. The van der Waals surface area contributed by atoms with E-state index in [2.05, 4.69) is 302 Å². The van der Waals surface area contributed by atoms with Crippen molar-refractivity contribution in [3.63, 3.8) is 0 Å². The lowest BCUT2D eigenvalue weighted by atomic mass is 9.69. The van der Waals surface area contributed by atoms with Crippen LogP contribution in [0.3, 0.4) is 0 Å². The van der Waals surface area contributed by atoms with Gasteiger partial charge in [-0.25, -0.2) is 0 Å². The molecule has 2 atom stereocenters. The van der Waals surface area contributed by atoms with Gasteiger partial charge >= 0.3 is 0 Å². The molecule has 4 heteroatoms. The zero-order chi connectivity index (χ0) is 60.7. The maximum atomic E-state index is 6.30. The lowest BCUT2D eigenvalue weighted by Gasteiger charge is -2.34. The number of para-hydroxylation sites is 2. The van der Waals surface area contributed by atoms with Gasteiger partial charge in [0.2, 0.25) is 0 Å². The topological polar surface area (TPSA) is 24.9 Å². The Morgan fingerprint density at radius 1 is 0.289 bits per heavy atom. The molecule has 0 saturated heterocycles. The summed E-state index contributed by atoms with van der Waals surface area (Å²) in [6.45, 7) is 9.12. The Labute approximate surface area is 531 Å². The molecule has 438 valence electrons. The number of ether oxygens (including phenoxy) is 2. The summed E-state index contributed by atoms with van der Waals surface area (Å²) in [7, 11) is 0. The quantitative estimate of drug-likeness (QED) is 0.0596. The van der Waals surface area contributed by atoms with Crippen LogP contribution in [0.5, 0.6) is 11.5 Å². The molecule has 90 heavy (non-hydrogen) atoms. The van der Waals surface area contributed by atoms with Crippen LogP contribution in [0.4, 0.5) is 34.1 Å². The average molecular weight is 1170 g/mol. The van der Waals surface area contributed by atoms with E-state index in [-0.39, 0.29) is 10.8 Å². The highest BCUT2D eigenvalue weighted by molar-refractivity contribution is 5.90. The Bertz CT molecular complexity index is 4140. The van der Waals surface area contributed by atoms with Crippen LogP contribution < -0.4 is 19.3 Å². The molecule has 2 aliphatic carbocycles. The molecule has 4 nitrogen and oxygen atoms in total. The first-order valence-electron chi connectivity index (χ1n) is 31.7. The van der Waals surface area contributed by atoms with Crippen molar-refractivity contribution in [3.8, 4) is 44.9 Å². The molecular formula is C86H72N2O2. The molecule has 14 rings (SSSR count). The van der Waals surface area contributed by atoms with E-state index in [1.165, 1.54) is 55.6 Å². The van der Waals surface area contributed by atoms with Crippen molar-refractivity contribution < 1.29 is 9.47 Å². The molecule has 0 heterocycles. The SMILES string of the molecule is C=Cc1ccc(OCCCCC2(c3ccccc3)c3ccccc3-c3ccc(N(c4ccccc4)c4ccc(-c5ccc(N(c6ccccc6)c6ccc7c(c6)C(CCCCOc6ccc(C=C)cc6)(c6ccccc6)c6ccccc6-7)cc5)cc4)cc32)cc1. The van der Waals surface area contributed by atoms with Crippen molar-refractivity contribution in [2.75, 3.05) is 23.0 Å². The summed E-state index contributed by atoms with van der Waals surface area (Å²) in [6.07, 6.45) is 9.42. The number of rotatable bonds is 23. The number of nitrogens with zero attached hydrogens (tertiary/aromatic N) is 2. The second-order valence-electron chi connectivity index (χ2n) is 23.7. The second kappa shape index (κ2) is 25.6. The number of hydrogen-bond acceptors (Lipinski definition) is 4. The molecule has 0 radical (unpaired) electrons. The Hall–Kier alpha value is -10.7. The highest BCUT2D eigenvalue weighted by atomic mass is 16.5. The second-order valence-corrected chi connectivity index (χ2v) is 23.7. The molecule has 0 spiro atoms.